The molecule has 1 N–H and O–H groups in total. The number of rotatable bonds is 2. The first-order chi connectivity index (χ1) is 9.38. The average Bonchev–Trinajstić information content (AvgIpc) is 2.40. The van der Waals surface area contributed by atoms with E-state index in [4.69, 9.17) is 0 Å². The molecule has 2 rings (SSSR count). The van der Waals surface area contributed by atoms with E-state index in [0.29, 0.717) is 0 Å². The van der Waals surface area contributed by atoms with Gasteiger partial charge in [-0.2, -0.15) is 0 Å². The Balaban J connectivity index is 2.28. The molecule has 20 heavy (non-hydrogen) atoms. The summed E-state index contributed by atoms with van der Waals surface area (Å²) < 4.78 is 1.15. The second-order valence-electron chi connectivity index (χ2n) is 5.76. The van der Waals surface area contributed by atoms with Crippen LogP contribution in [0.4, 0.5) is 5.69 Å². The molecule has 0 heterocycles. The number of anilines is 1. The van der Waals surface area contributed by atoms with E-state index in [1.54, 1.807) is 0 Å². The van der Waals surface area contributed by atoms with Gasteiger partial charge in [0.2, 0.25) is 0 Å². The van der Waals surface area contributed by atoms with Gasteiger partial charge in [-0.25, -0.2) is 0 Å². The Hall–Kier alpha value is -1.36. The van der Waals surface area contributed by atoms with Crippen molar-refractivity contribution in [3.63, 3.8) is 0 Å². The van der Waals surface area contributed by atoms with Gasteiger partial charge in [0.1, 0.15) is 0 Å². The van der Waals surface area contributed by atoms with E-state index in [2.05, 4.69) is 48.7 Å². The maximum Gasteiger partial charge on any atom is 0.255 e. The largest absolute Gasteiger partial charge is 0.322 e. The van der Waals surface area contributed by atoms with Gasteiger partial charge in [0.05, 0.1) is 0 Å². The summed E-state index contributed by atoms with van der Waals surface area (Å²) >= 11 is 2.24. The van der Waals surface area contributed by atoms with Crippen molar-refractivity contribution in [3.8, 4) is 0 Å². The fraction of sp³-hybridized carbons (Fsp3) is 0.235. The molecule has 0 saturated carbocycles. The first-order valence-corrected chi connectivity index (χ1v) is 7.62. The molecule has 0 aliphatic rings. The Kier molecular flexibility index (Phi) is 4.48. The van der Waals surface area contributed by atoms with Crippen molar-refractivity contribution in [1.29, 1.82) is 0 Å². The molecule has 0 aliphatic carbocycles. The topological polar surface area (TPSA) is 29.1 Å². The summed E-state index contributed by atoms with van der Waals surface area (Å²) in [4.78, 5) is 12.5. The molecule has 0 radical (unpaired) electrons. The third-order valence-corrected chi connectivity index (χ3v) is 3.80. The fourth-order valence-corrected chi connectivity index (χ4v) is 2.43. The van der Waals surface area contributed by atoms with Gasteiger partial charge in [0.25, 0.3) is 5.91 Å². The minimum absolute atomic E-state index is 0.0556. The van der Waals surface area contributed by atoms with Crippen molar-refractivity contribution < 1.29 is 4.79 Å². The van der Waals surface area contributed by atoms with Gasteiger partial charge in [0, 0.05) is 14.8 Å². The van der Waals surface area contributed by atoms with Gasteiger partial charge in [-0.1, -0.05) is 39.0 Å². The van der Waals surface area contributed by atoms with Crippen LogP contribution in [0.15, 0.2) is 48.5 Å². The van der Waals surface area contributed by atoms with Crippen molar-refractivity contribution in [3.05, 3.63) is 63.2 Å². The van der Waals surface area contributed by atoms with Crippen LogP contribution in [-0.2, 0) is 5.41 Å². The van der Waals surface area contributed by atoms with E-state index in [1.165, 1.54) is 0 Å². The standard InChI is InChI=1S/C17H18INO/c1-17(2,3)15-7-5-4-6-14(15)16(20)19-13-10-8-12(18)9-11-13/h4-11H,1-3H3,(H,19,20). The third-order valence-electron chi connectivity index (χ3n) is 3.08. The predicted molar refractivity (Wildman–Crippen MR) is 92.3 cm³/mol. The second-order valence-corrected chi connectivity index (χ2v) is 7.00. The second kappa shape index (κ2) is 5.95. The Morgan fingerprint density at radius 3 is 2.20 bits per heavy atom. The zero-order valence-electron chi connectivity index (χ0n) is 11.9. The van der Waals surface area contributed by atoms with Gasteiger partial charge >= 0.3 is 0 Å². The van der Waals surface area contributed by atoms with Crippen molar-refractivity contribution in [2.24, 2.45) is 0 Å². The molecule has 0 spiro atoms. The fourth-order valence-electron chi connectivity index (χ4n) is 2.07. The lowest BCUT2D eigenvalue weighted by atomic mass is 9.83. The lowest BCUT2D eigenvalue weighted by Crippen LogP contribution is -2.20. The smallest absolute Gasteiger partial charge is 0.255 e. The van der Waals surface area contributed by atoms with E-state index >= 15 is 0 Å². The number of carbonyl (C=O) groups is 1. The maximum atomic E-state index is 12.5. The Labute approximate surface area is 133 Å². The molecule has 0 unspecified atom stereocenters. The highest BCUT2D eigenvalue weighted by atomic mass is 127. The number of hydrogen-bond donors (Lipinski definition) is 1. The quantitative estimate of drug-likeness (QED) is 0.744. The summed E-state index contributed by atoms with van der Waals surface area (Å²) in [5.41, 5.74) is 2.56. The van der Waals surface area contributed by atoms with Crippen molar-refractivity contribution in [2.45, 2.75) is 26.2 Å². The number of nitrogens with one attached hydrogen (secondary N) is 1. The summed E-state index contributed by atoms with van der Waals surface area (Å²) in [6.07, 6.45) is 0. The molecule has 104 valence electrons. The van der Waals surface area contributed by atoms with Gasteiger partial charge < -0.3 is 5.32 Å². The van der Waals surface area contributed by atoms with Crippen molar-refractivity contribution in [1.82, 2.24) is 0 Å². The van der Waals surface area contributed by atoms with Gasteiger partial charge in [-0.05, 0) is 63.9 Å². The summed E-state index contributed by atoms with van der Waals surface area (Å²) in [6, 6.07) is 15.6. The van der Waals surface area contributed by atoms with Gasteiger partial charge in [-0.3, -0.25) is 4.79 Å². The minimum Gasteiger partial charge on any atom is -0.322 e. The maximum absolute atomic E-state index is 12.5. The summed E-state index contributed by atoms with van der Waals surface area (Å²) in [6.45, 7) is 6.35. The molecule has 2 nitrogen and oxygen atoms in total. The summed E-state index contributed by atoms with van der Waals surface area (Å²) in [5.74, 6) is -0.0586. The van der Waals surface area contributed by atoms with Crippen LogP contribution in [0.5, 0.6) is 0 Å². The number of halogens is 1. The van der Waals surface area contributed by atoms with Crippen LogP contribution in [0.2, 0.25) is 0 Å². The zero-order valence-corrected chi connectivity index (χ0v) is 14.1. The Morgan fingerprint density at radius 2 is 1.60 bits per heavy atom. The molecule has 0 atom stereocenters. The van der Waals surface area contributed by atoms with Crippen LogP contribution in [-0.4, -0.2) is 5.91 Å². The lowest BCUT2D eigenvalue weighted by Gasteiger charge is -2.22. The van der Waals surface area contributed by atoms with Crippen molar-refractivity contribution >= 4 is 34.2 Å². The van der Waals surface area contributed by atoms with E-state index < -0.39 is 0 Å². The molecule has 1 amide bonds. The highest BCUT2D eigenvalue weighted by Gasteiger charge is 2.21. The number of benzene rings is 2. The number of hydrogen-bond acceptors (Lipinski definition) is 1. The monoisotopic (exact) mass is 379 g/mol. The Morgan fingerprint density at radius 1 is 1.00 bits per heavy atom. The molecule has 0 fully saturated rings. The molecule has 2 aromatic rings. The van der Waals surface area contributed by atoms with E-state index in [-0.39, 0.29) is 11.3 Å². The van der Waals surface area contributed by atoms with Crippen LogP contribution in [0.3, 0.4) is 0 Å². The van der Waals surface area contributed by atoms with Crippen LogP contribution in [0.25, 0.3) is 0 Å². The SMILES string of the molecule is CC(C)(C)c1ccccc1C(=O)Nc1ccc(I)cc1. The molecular weight excluding hydrogens is 361 g/mol. The first-order valence-electron chi connectivity index (χ1n) is 6.54. The zero-order chi connectivity index (χ0) is 14.8. The van der Waals surface area contributed by atoms with E-state index in [0.717, 1.165) is 20.4 Å². The van der Waals surface area contributed by atoms with Gasteiger partial charge in [-0.15, -0.1) is 0 Å². The van der Waals surface area contributed by atoms with E-state index in [9.17, 15) is 4.79 Å². The van der Waals surface area contributed by atoms with E-state index in [1.807, 2.05) is 48.5 Å². The molecular formula is C17H18INO. The predicted octanol–water partition coefficient (Wildman–Crippen LogP) is 4.84. The van der Waals surface area contributed by atoms with Crippen LogP contribution in [0.1, 0.15) is 36.7 Å². The van der Waals surface area contributed by atoms with Crippen LogP contribution >= 0.6 is 22.6 Å². The Bertz CT molecular complexity index is 612. The van der Waals surface area contributed by atoms with Gasteiger partial charge in [0.15, 0.2) is 0 Å². The average molecular weight is 379 g/mol. The minimum atomic E-state index is -0.0586. The highest BCUT2D eigenvalue weighted by molar-refractivity contribution is 14.1. The summed E-state index contributed by atoms with van der Waals surface area (Å²) in [7, 11) is 0. The lowest BCUT2D eigenvalue weighted by molar-refractivity contribution is 0.102. The normalized spacial score (nSPS) is 11.2. The molecule has 0 bridgehead atoms. The summed E-state index contributed by atoms with van der Waals surface area (Å²) in [5, 5.41) is 2.96. The molecule has 0 saturated heterocycles. The number of carbonyl (C=O) groups excluding carboxylic acids is 1. The third kappa shape index (κ3) is 3.60. The molecule has 2 aromatic carbocycles. The molecule has 3 heteroatoms. The molecule has 0 aromatic heterocycles. The number of amides is 1. The van der Waals surface area contributed by atoms with Crippen LogP contribution < -0.4 is 5.32 Å². The first kappa shape index (κ1) is 15.0. The highest BCUT2D eigenvalue weighted by Crippen LogP contribution is 2.26. The van der Waals surface area contributed by atoms with Crippen LogP contribution in [0, 0.1) is 3.57 Å². The van der Waals surface area contributed by atoms with Crippen molar-refractivity contribution in [2.75, 3.05) is 5.32 Å². The molecule has 0 aliphatic heterocycles.